The number of rotatable bonds is 5. The molecule has 21 heavy (non-hydrogen) atoms. The van der Waals surface area contributed by atoms with E-state index in [0.29, 0.717) is 6.42 Å². The van der Waals surface area contributed by atoms with Gasteiger partial charge in [-0.3, -0.25) is 4.79 Å². The standard InChI is InChI=1S/C8H6O4.C6H12O3/c9-7(10)5-3-1-2-4-6(5)8(11)12;1-3-4-6(8)9-5(2)7/h1-4H,(H,9,10)(H,11,12);6,8H,3-4H2,1-2H3. The van der Waals surface area contributed by atoms with Crippen molar-refractivity contribution in [1.82, 2.24) is 0 Å². The van der Waals surface area contributed by atoms with Crippen LogP contribution in [0.25, 0.3) is 0 Å². The van der Waals surface area contributed by atoms with Gasteiger partial charge in [-0.15, -0.1) is 0 Å². The third-order valence-corrected chi connectivity index (χ3v) is 2.23. The number of carboxylic acids is 2. The van der Waals surface area contributed by atoms with E-state index in [1.54, 1.807) is 0 Å². The van der Waals surface area contributed by atoms with Crippen molar-refractivity contribution in [3.8, 4) is 0 Å². The highest BCUT2D eigenvalue weighted by Crippen LogP contribution is 2.07. The number of carboxylic acid groups (broad SMARTS) is 2. The van der Waals surface area contributed by atoms with Crippen LogP contribution < -0.4 is 0 Å². The number of aliphatic hydroxyl groups excluding tert-OH is 1. The predicted molar refractivity (Wildman–Crippen MR) is 73.0 cm³/mol. The number of carbonyl (C=O) groups is 3. The van der Waals surface area contributed by atoms with Gasteiger partial charge in [-0.05, 0) is 12.1 Å². The quantitative estimate of drug-likeness (QED) is 0.559. The highest BCUT2D eigenvalue weighted by atomic mass is 16.6. The van der Waals surface area contributed by atoms with Gasteiger partial charge in [0.2, 0.25) is 6.29 Å². The maximum absolute atomic E-state index is 10.5. The zero-order chi connectivity index (χ0) is 16.4. The number of hydrogen-bond donors (Lipinski definition) is 3. The molecule has 0 aliphatic carbocycles. The highest BCUT2D eigenvalue weighted by Gasteiger charge is 2.13. The number of aliphatic hydroxyl groups is 1. The van der Waals surface area contributed by atoms with Gasteiger partial charge in [0, 0.05) is 13.3 Å². The summed E-state index contributed by atoms with van der Waals surface area (Å²) in [7, 11) is 0. The molecular weight excluding hydrogens is 280 g/mol. The normalized spacial score (nSPS) is 10.8. The number of benzene rings is 1. The second kappa shape index (κ2) is 9.49. The summed E-state index contributed by atoms with van der Waals surface area (Å²) in [4.78, 5) is 31.1. The van der Waals surface area contributed by atoms with Crippen molar-refractivity contribution in [2.45, 2.75) is 33.0 Å². The van der Waals surface area contributed by atoms with E-state index in [-0.39, 0.29) is 11.1 Å². The molecule has 7 nitrogen and oxygen atoms in total. The number of esters is 1. The van der Waals surface area contributed by atoms with Crippen molar-refractivity contribution >= 4 is 17.9 Å². The summed E-state index contributed by atoms with van der Waals surface area (Å²) in [6.07, 6.45) is 0.418. The largest absolute Gasteiger partial charge is 0.478 e. The summed E-state index contributed by atoms with van der Waals surface area (Å²) in [6, 6.07) is 5.48. The summed E-state index contributed by atoms with van der Waals surface area (Å²) >= 11 is 0. The lowest BCUT2D eigenvalue weighted by Crippen LogP contribution is -2.14. The molecule has 0 aliphatic rings. The Labute approximate surface area is 121 Å². The average Bonchev–Trinajstić information content (AvgIpc) is 2.38. The van der Waals surface area contributed by atoms with Crippen LogP contribution in [0.4, 0.5) is 0 Å². The molecule has 0 bridgehead atoms. The van der Waals surface area contributed by atoms with Crippen LogP contribution in [0.2, 0.25) is 0 Å². The Morgan fingerprint density at radius 1 is 1.10 bits per heavy atom. The van der Waals surface area contributed by atoms with Crippen molar-refractivity contribution in [3.63, 3.8) is 0 Å². The molecule has 0 radical (unpaired) electrons. The first kappa shape index (κ1) is 18.6. The minimum absolute atomic E-state index is 0.190. The predicted octanol–water partition coefficient (Wildman–Crippen LogP) is 1.75. The smallest absolute Gasteiger partial charge is 0.336 e. The SMILES string of the molecule is CCCC(O)OC(C)=O.O=C(O)c1ccccc1C(=O)O. The zero-order valence-electron chi connectivity index (χ0n) is 11.8. The highest BCUT2D eigenvalue weighted by molar-refractivity contribution is 6.01. The minimum Gasteiger partial charge on any atom is -0.478 e. The van der Waals surface area contributed by atoms with E-state index in [1.165, 1.54) is 31.2 Å². The zero-order valence-corrected chi connectivity index (χ0v) is 11.8. The lowest BCUT2D eigenvalue weighted by molar-refractivity contribution is -0.165. The van der Waals surface area contributed by atoms with E-state index in [2.05, 4.69) is 4.74 Å². The van der Waals surface area contributed by atoms with Crippen LogP contribution in [0.5, 0.6) is 0 Å². The van der Waals surface area contributed by atoms with Crippen LogP contribution in [-0.2, 0) is 9.53 Å². The molecule has 1 aromatic rings. The van der Waals surface area contributed by atoms with Gasteiger partial charge in [0.1, 0.15) is 0 Å². The summed E-state index contributed by atoms with van der Waals surface area (Å²) in [5.74, 6) is -2.89. The van der Waals surface area contributed by atoms with E-state index in [1.807, 2.05) is 6.92 Å². The first-order valence-corrected chi connectivity index (χ1v) is 6.20. The summed E-state index contributed by atoms with van der Waals surface area (Å²) in [5, 5.41) is 25.9. The topological polar surface area (TPSA) is 121 Å². The van der Waals surface area contributed by atoms with Gasteiger partial charge in [-0.1, -0.05) is 25.5 Å². The molecule has 0 amide bonds. The van der Waals surface area contributed by atoms with E-state index in [9.17, 15) is 14.4 Å². The summed E-state index contributed by atoms with van der Waals surface area (Å²) < 4.78 is 4.41. The molecule has 1 rings (SSSR count). The molecule has 1 atom stereocenters. The molecule has 0 aliphatic heterocycles. The van der Waals surface area contributed by atoms with Gasteiger partial charge in [0.25, 0.3) is 0 Å². The number of hydrogen-bond acceptors (Lipinski definition) is 5. The Morgan fingerprint density at radius 2 is 1.52 bits per heavy atom. The molecule has 0 saturated heterocycles. The average molecular weight is 298 g/mol. The maximum Gasteiger partial charge on any atom is 0.336 e. The number of ether oxygens (including phenoxy) is 1. The molecule has 116 valence electrons. The van der Waals surface area contributed by atoms with Gasteiger partial charge >= 0.3 is 17.9 Å². The molecule has 0 spiro atoms. The molecule has 7 heteroatoms. The van der Waals surface area contributed by atoms with Crippen LogP contribution in [0.1, 0.15) is 47.4 Å². The second-order valence-corrected chi connectivity index (χ2v) is 4.01. The molecule has 3 N–H and O–H groups in total. The fourth-order valence-corrected chi connectivity index (χ4v) is 1.35. The van der Waals surface area contributed by atoms with E-state index in [4.69, 9.17) is 15.3 Å². The van der Waals surface area contributed by atoms with Crippen LogP contribution >= 0.6 is 0 Å². The Kier molecular flexibility index (Phi) is 8.40. The third-order valence-electron chi connectivity index (χ3n) is 2.23. The van der Waals surface area contributed by atoms with E-state index >= 15 is 0 Å². The van der Waals surface area contributed by atoms with Crippen molar-refractivity contribution in [2.24, 2.45) is 0 Å². The lowest BCUT2D eigenvalue weighted by atomic mass is 10.1. The monoisotopic (exact) mass is 298 g/mol. The summed E-state index contributed by atoms with van der Waals surface area (Å²) in [5.41, 5.74) is -0.380. The van der Waals surface area contributed by atoms with Crippen molar-refractivity contribution in [2.75, 3.05) is 0 Å². The third kappa shape index (κ3) is 7.68. The molecule has 0 heterocycles. The Bertz CT molecular complexity index is 463. The molecule has 0 aromatic heterocycles. The number of carbonyl (C=O) groups excluding carboxylic acids is 1. The minimum atomic E-state index is -1.23. The Hall–Kier alpha value is -2.41. The number of aromatic carboxylic acids is 2. The van der Waals surface area contributed by atoms with E-state index < -0.39 is 24.2 Å². The van der Waals surface area contributed by atoms with Gasteiger partial charge in [-0.2, -0.15) is 0 Å². The van der Waals surface area contributed by atoms with Crippen LogP contribution in [-0.4, -0.2) is 39.5 Å². The van der Waals surface area contributed by atoms with Gasteiger partial charge in [-0.25, -0.2) is 9.59 Å². The second-order valence-electron chi connectivity index (χ2n) is 4.01. The van der Waals surface area contributed by atoms with Gasteiger partial charge in [0.15, 0.2) is 0 Å². The molecular formula is C14H18O7. The van der Waals surface area contributed by atoms with Gasteiger partial charge in [0.05, 0.1) is 11.1 Å². The van der Waals surface area contributed by atoms with Crippen LogP contribution in [0, 0.1) is 0 Å². The molecule has 1 unspecified atom stereocenters. The fourth-order valence-electron chi connectivity index (χ4n) is 1.35. The van der Waals surface area contributed by atoms with Crippen molar-refractivity contribution in [3.05, 3.63) is 35.4 Å². The van der Waals surface area contributed by atoms with Gasteiger partial charge < -0.3 is 20.1 Å². The van der Waals surface area contributed by atoms with Crippen molar-refractivity contribution < 1.29 is 34.4 Å². The first-order valence-electron chi connectivity index (χ1n) is 6.20. The molecule has 1 aromatic carbocycles. The van der Waals surface area contributed by atoms with Crippen molar-refractivity contribution in [1.29, 1.82) is 0 Å². The molecule has 0 saturated carbocycles. The Balaban J connectivity index is 0.000000400. The molecule has 0 fully saturated rings. The van der Waals surface area contributed by atoms with Crippen LogP contribution in [0.3, 0.4) is 0 Å². The maximum atomic E-state index is 10.5. The van der Waals surface area contributed by atoms with E-state index in [0.717, 1.165) is 6.42 Å². The summed E-state index contributed by atoms with van der Waals surface area (Å²) in [6.45, 7) is 3.19. The fraction of sp³-hybridized carbons (Fsp3) is 0.357. The van der Waals surface area contributed by atoms with Crippen LogP contribution in [0.15, 0.2) is 24.3 Å². The first-order chi connectivity index (χ1) is 9.79. The lowest BCUT2D eigenvalue weighted by Gasteiger charge is -2.07. The Morgan fingerprint density at radius 3 is 1.81 bits per heavy atom.